The van der Waals surface area contributed by atoms with E-state index in [2.05, 4.69) is 31.4 Å². The van der Waals surface area contributed by atoms with Crippen molar-refractivity contribution in [1.29, 1.82) is 0 Å². The maximum absolute atomic E-state index is 11.1. The third-order valence-corrected chi connectivity index (χ3v) is 5.30. The lowest BCUT2D eigenvalue weighted by Gasteiger charge is -2.38. The van der Waals surface area contributed by atoms with E-state index >= 15 is 0 Å². The molecule has 3 heteroatoms. The highest BCUT2D eigenvalue weighted by Gasteiger charge is 2.36. The van der Waals surface area contributed by atoms with Crippen molar-refractivity contribution >= 4 is 0 Å². The zero-order valence-corrected chi connectivity index (χ0v) is 16.5. The molecule has 26 heavy (non-hydrogen) atoms. The number of hydrogen-bond acceptors (Lipinski definition) is 3. The minimum absolute atomic E-state index is 0.351. The molecule has 0 bridgehead atoms. The van der Waals surface area contributed by atoms with E-state index < -0.39 is 6.23 Å². The average molecular weight is 358 g/mol. The van der Waals surface area contributed by atoms with Gasteiger partial charge in [-0.3, -0.25) is 4.90 Å². The Balaban J connectivity index is 2.17. The third kappa shape index (κ3) is 6.00. The van der Waals surface area contributed by atoms with Gasteiger partial charge in [0.05, 0.1) is 0 Å². The van der Waals surface area contributed by atoms with Crippen LogP contribution in [0.4, 0.5) is 0 Å². The van der Waals surface area contributed by atoms with E-state index in [1.807, 2.05) is 30.3 Å². The first kappa shape index (κ1) is 20.7. The largest absolute Gasteiger partial charge is 0.458 e. The van der Waals surface area contributed by atoms with E-state index in [0.717, 1.165) is 31.7 Å². The second kappa shape index (κ2) is 10.5. The zero-order valence-electron chi connectivity index (χ0n) is 16.5. The Labute approximate surface area is 159 Å². The SMILES string of the molecule is C=C/C(=C\[C@@](C)(CCCCCC)C(O)N1CCCC1)Oc1ccccc1. The minimum atomic E-state index is -0.485. The van der Waals surface area contributed by atoms with Crippen LogP contribution in [0.3, 0.4) is 0 Å². The van der Waals surface area contributed by atoms with Crippen LogP contribution in [0.5, 0.6) is 5.75 Å². The van der Waals surface area contributed by atoms with Gasteiger partial charge in [0.1, 0.15) is 17.7 Å². The lowest BCUT2D eigenvalue weighted by molar-refractivity contribution is -0.0583. The van der Waals surface area contributed by atoms with Gasteiger partial charge in [0, 0.05) is 18.5 Å². The summed E-state index contributed by atoms with van der Waals surface area (Å²) in [5.41, 5.74) is -0.351. The third-order valence-electron chi connectivity index (χ3n) is 5.30. The quantitative estimate of drug-likeness (QED) is 0.321. The molecule has 1 unspecified atom stereocenters. The standard InChI is InChI=1S/C23H35NO2/c1-4-6-7-11-16-23(3,22(25)24-17-12-13-18-24)19-20(5-2)26-21-14-9-8-10-15-21/h5,8-10,14-15,19,22,25H,2,4,6-7,11-13,16-18H2,1,3H3/b20-19+/t22?,23-/m1/s1. The lowest BCUT2D eigenvalue weighted by Crippen LogP contribution is -2.44. The fourth-order valence-corrected chi connectivity index (χ4v) is 3.69. The fourth-order valence-electron chi connectivity index (χ4n) is 3.69. The van der Waals surface area contributed by atoms with Crippen LogP contribution >= 0.6 is 0 Å². The molecule has 1 aromatic rings. The Kier molecular flexibility index (Phi) is 8.40. The summed E-state index contributed by atoms with van der Waals surface area (Å²) in [6, 6.07) is 9.76. The summed E-state index contributed by atoms with van der Waals surface area (Å²) < 4.78 is 6.01. The Morgan fingerprint density at radius 3 is 2.54 bits per heavy atom. The first-order valence-electron chi connectivity index (χ1n) is 10.1. The molecule has 144 valence electrons. The van der Waals surface area contributed by atoms with Crippen LogP contribution in [0.25, 0.3) is 0 Å². The van der Waals surface area contributed by atoms with Gasteiger partial charge >= 0.3 is 0 Å². The Hall–Kier alpha value is -1.58. The van der Waals surface area contributed by atoms with Crippen molar-refractivity contribution in [2.45, 2.75) is 65.0 Å². The number of aliphatic hydroxyl groups excluding tert-OH is 1. The summed E-state index contributed by atoms with van der Waals surface area (Å²) in [7, 11) is 0. The van der Waals surface area contributed by atoms with Crippen LogP contribution in [0.1, 0.15) is 58.8 Å². The number of rotatable bonds is 11. The highest BCUT2D eigenvalue weighted by Crippen LogP contribution is 2.35. The molecule has 0 aromatic heterocycles. The first-order chi connectivity index (χ1) is 12.6. The molecular weight excluding hydrogens is 322 g/mol. The summed E-state index contributed by atoms with van der Waals surface area (Å²) in [6.45, 7) is 10.2. The van der Waals surface area contributed by atoms with Crippen LogP contribution < -0.4 is 4.74 Å². The van der Waals surface area contributed by atoms with Gasteiger partial charge in [-0.05, 0) is 43.5 Å². The lowest BCUT2D eigenvalue weighted by atomic mass is 9.81. The van der Waals surface area contributed by atoms with E-state index in [4.69, 9.17) is 4.74 Å². The molecule has 0 radical (unpaired) electrons. The number of aliphatic hydroxyl groups is 1. The predicted octanol–water partition coefficient (Wildman–Crippen LogP) is 5.53. The van der Waals surface area contributed by atoms with E-state index in [0.29, 0.717) is 5.76 Å². The van der Waals surface area contributed by atoms with Gasteiger partial charge in [-0.15, -0.1) is 0 Å². The number of benzene rings is 1. The van der Waals surface area contributed by atoms with E-state index in [9.17, 15) is 5.11 Å². The van der Waals surface area contributed by atoms with Crippen molar-refractivity contribution in [3.8, 4) is 5.75 Å². The number of allylic oxidation sites excluding steroid dienone is 1. The highest BCUT2D eigenvalue weighted by atomic mass is 16.5. The molecule has 1 heterocycles. The predicted molar refractivity (Wildman–Crippen MR) is 109 cm³/mol. The molecule has 0 saturated carbocycles. The number of hydrogen-bond donors (Lipinski definition) is 1. The molecule has 2 rings (SSSR count). The number of para-hydroxylation sites is 1. The molecule has 1 aromatic carbocycles. The van der Waals surface area contributed by atoms with E-state index in [-0.39, 0.29) is 5.41 Å². The van der Waals surface area contributed by atoms with Crippen molar-refractivity contribution in [1.82, 2.24) is 4.90 Å². The Bertz CT molecular complexity index is 563. The normalized spacial score (nSPS) is 19.1. The van der Waals surface area contributed by atoms with Gasteiger partial charge in [0.15, 0.2) is 0 Å². The molecule has 3 nitrogen and oxygen atoms in total. The average Bonchev–Trinajstić information content (AvgIpc) is 3.19. The van der Waals surface area contributed by atoms with Crippen LogP contribution in [-0.2, 0) is 0 Å². The van der Waals surface area contributed by atoms with E-state index in [1.165, 1.54) is 32.1 Å². The summed E-state index contributed by atoms with van der Waals surface area (Å²) in [4.78, 5) is 2.21. The van der Waals surface area contributed by atoms with E-state index in [1.54, 1.807) is 6.08 Å². The molecule has 1 aliphatic heterocycles. The van der Waals surface area contributed by atoms with Crippen molar-refractivity contribution < 1.29 is 9.84 Å². The van der Waals surface area contributed by atoms with Crippen LogP contribution in [-0.4, -0.2) is 29.3 Å². The number of nitrogens with zero attached hydrogens (tertiary/aromatic N) is 1. The Morgan fingerprint density at radius 2 is 1.92 bits per heavy atom. The maximum Gasteiger partial charge on any atom is 0.127 e. The van der Waals surface area contributed by atoms with Gasteiger partial charge in [-0.25, -0.2) is 0 Å². The minimum Gasteiger partial charge on any atom is -0.458 e. The molecule has 1 fully saturated rings. The number of ether oxygens (including phenoxy) is 1. The molecule has 0 amide bonds. The topological polar surface area (TPSA) is 32.7 Å². The summed E-state index contributed by atoms with van der Waals surface area (Å²) in [6.07, 6.45) is 11.4. The van der Waals surface area contributed by atoms with Crippen molar-refractivity contribution in [3.63, 3.8) is 0 Å². The smallest absolute Gasteiger partial charge is 0.127 e. The molecule has 0 spiro atoms. The molecule has 1 N–H and O–H groups in total. The van der Waals surface area contributed by atoms with Crippen LogP contribution in [0, 0.1) is 5.41 Å². The Morgan fingerprint density at radius 1 is 1.23 bits per heavy atom. The monoisotopic (exact) mass is 357 g/mol. The fraction of sp³-hybridized carbons (Fsp3) is 0.565. The maximum atomic E-state index is 11.1. The van der Waals surface area contributed by atoms with Crippen LogP contribution in [0.15, 0.2) is 54.8 Å². The van der Waals surface area contributed by atoms with Crippen molar-refractivity contribution in [3.05, 3.63) is 54.8 Å². The molecular formula is C23H35NO2. The molecule has 0 aliphatic carbocycles. The first-order valence-corrected chi connectivity index (χ1v) is 10.1. The number of likely N-dealkylation sites (tertiary alicyclic amines) is 1. The zero-order chi connectivity index (χ0) is 18.8. The highest BCUT2D eigenvalue weighted by molar-refractivity contribution is 5.27. The molecule has 1 aliphatic rings. The summed E-state index contributed by atoms with van der Waals surface area (Å²) in [5, 5.41) is 11.1. The second-order valence-corrected chi connectivity index (χ2v) is 7.60. The number of unbranched alkanes of at least 4 members (excludes halogenated alkanes) is 3. The van der Waals surface area contributed by atoms with Crippen LogP contribution in [0.2, 0.25) is 0 Å². The van der Waals surface area contributed by atoms with Gasteiger partial charge in [0.2, 0.25) is 0 Å². The van der Waals surface area contributed by atoms with Crippen molar-refractivity contribution in [2.24, 2.45) is 5.41 Å². The van der Waals surface area contributed by atoms with Gasteiger partial charge in [-0.1, -0.05) is 64.3 Å². The summed E-state index contributed by atoms with van der Waals surface area (Å²) >= 11 is 0. The van der Waals surface area contributed by atoms with Crippen molar-refractivity contribution in [2.75, 3.05) is 13.1 Å². The van der Waals surface area contributed by atoms with Gasteiger partial charge in [0.25, 0.3) is 0 Å². The van der Waals surface area contributed by atoms with Gasteiger partial charge in [-0.2, -0.15) is 0 Å². The van der Waals surface area contributed by atoms with Gasteiger partial charge < -0.3 is 9.84 Å². The molecule has 1 saturated heterocycles. The second-order valence-electron chi connectivity index (χ2n) is 7.60. The molecule has 2 atom stereocenters. The summed E-state index contributed by atoms with van der Waals surface area (Å²) in [5.74, 6) is 1.51.